The molecule has 1 amide bonds. The van der Waals surface area contributed by atoms with Crippen LogP contribution in [0.25, 0.3) is 0 Å². The minimum absolute atomic E-state index is 0.101. The Hall–Kier alpha value is -1.65. The van der Waals surface area contributed by atoms with Crippen molar-refractivity contribution in [1.82, 2.24) is 15.3 Å². The second kappa shape index (κ2) is 10.1. The Morgan fingerprint density at radius 3 is 2.36 bits per heavy atom. The average molecular weight is 306 g/mol. The normalized spacial score (nSPS) is 10.5. The minimum atomic E-state index is -0.101. The quantitative estimate of drug-likeness (QED) is 0.674. The van der Waals surface area contributed by atoms with Crippen molar-refractivity contribution in [3.05, 3.63) is 17.6 Å². The van der Waals surface area contributed by atoms with Crippen molar-refractivity contribution < 1.29 is 4.79 Å². The van der Waals surface area contributed by atoms with E-state index in [4.69, 9.17) is 0 Å². The molecule has 5 heteroatoms. The summed E-state index contributed by atoms with van der Waals surface area (Å²) in [5.41, 5.74) is 0.469. The molecule has 0 atom stereocenters. The molecule has 0 bridgehead atoms. The molecule has 0 unspecified atom stereocenters. The summed E-state index contributed by atoms with van der Waals surface area (Å²) < 4.78 is 0. The van der Waals surface area contributed by atoms with Crippen LogP contribution in [0.5, 0.6) is 0 Å². The highest BCUT2D eigenvalue weighted by Crippen LogP contribution is 2.14. The van der Waals surface area contributed by atoms with E-state index in [0.29, 0.717) is 18.1 Å². The van der Waals surface area contributed by atoms with Crippen molar-refractivity contribution in [1.29, 1.82) is 0 Å². The number of hydrogen-bond donors (Lipinski definition) is 1. The Morgan fingerprint density at radius 2 is 1.77 bits per heavy atom. The molecular weight excluding hydrogens is 276 g/mol. The van der Waals surface area contributed by atoms with E-state index in [9.17, 15) is 4.79 Å². The van der Waals surface area contributed by atoms with Crippen LogP contribution in [0.2, 0.25) is 0 Å². The molecule has 0 aliphatic carbocycles. The van der Waals surface area contributed by atoms with Gasteiger partial charge in [-0.05, 0) is 26.2 Å². The van der Waals surface area contributed by atoms with E-state index in [1.807, 2.05) is 13.0 Å². The van der Waals surface area contributed by atoms with Crippen molar-refractivity contribution >= 4 is 11.7 Å². The summed E-state index contributed by atoms with van der Waals surface area (Å²) >= 11 is 0. The zero-order valence-corrected chi connectivity index (χ0v) is 14.5. The van der Waals surface area contributed by atoms with E-state index in [2.05, 4.69) is 41.0 Å². The molecule has 0 aromatic carbocycles. The molecule has 0 fully saturated rings. The number of amides is 1. The van der Waals surface area contributed by atoms with Crippen molar-refractivity contribution in [2.24, 2.45) is 0 Å². The lowest BCUT2D eigenvalue weighted by atomic mass is 10.2. The maximum Gasteiger partial charge on any atom is 0.270 e. The summed E-state index contributed by atoms with van der Waals surface area (Å²) in [6.45, 7) is 10.9. The number of hydrogen-bond acceptors (Lipinski definition) is 4. The maximum absolute atomic E-state index is 12.2. The van der Waals surface area contributed by atoms with Crippen LogP contribution in [-0.2, 0) is 0 Å². The molecule has 1 heterocycles. The lowest BCUT2D eigenvalue weighted by Gasteiger charge is -2.23. The number of aromatic nitrogens is 2. The summed E-state index contributed by atoms with van der Waals surface area (Å²) in [6.07, 6.45) is 5.41. The molecule has 0 radical (unpaired) electrons. The topological polar surface area (TPSA) is 58.1 Å². The fourth-order valence-corrected chi connectivity index (χ4v) is 2.38. The summed E-state index contributed by atoms with van der Waals surface area (Å²) in [4.78, 5) is 23.2. The first-order valence-corrected chi connectivity index (χ1v) is 8.51. The molecule has 22 heavy (non-hydrogen) atoms. The molecule has 0 aliphatic rings. The molecule has 124 valence electrons. The highest BCUT2D eigenvalue weighted by Gasteiger charge is 2.13. The fraction of sp³-hybridized carbons (Fsp3) is 0.706. The van der Waals surface area contributed by atoms with Crippen LogP contribution in [0.15, 0.2) is 6.07 Å². The predicted molar refractivity (Wildman–Crippen MR) is 91.4 cm³/mol. The Labute approximate surface area is 134 Å². The minimum Gasteiger partial charge on any atom is -0.357 e. The number of rotatable bonds is 10. The summed E-state index contributed by atoms with van der Waals surface area (Å²) in [7, 11) is 0. The summed E-state index contributed by atoms with van der Waals surface area (Å²) in [6, 6.07) is 1.81. The number of unbranched alkanes of at least 4 members (excludes halogenated alkanes) is 2. The number of nitrogens with one attached hydrogen (secondary N) is 1. The largest absolute Gasteiger partial charge is 0.357 e. The maximum atomic E-state index is 12.2. The SMILES string of the molecule is CCCCCNC(=O)c1cc(N(CCC)CCC)nc(C)n1. The van der Waals surface area contributed by atoms with E-state index < -0.39 is 0 Å². The predicted octanol–water partition coefficient (Wildman–Crippen LogP) is 3.33. The third kappa shape index (κ3) is 6.00. The molecule has 0 saturated carbocycles. The van der Waals surface area contributed by atoms with Gasteiger partial charge in [-0.1, -0.05) is 33.6 Å². The number of aryl methyl sites for hydroxylation is 1. The molecular formula is C17H30N4O. The highest BCUT2D eigenvalue weighted by atomic mass is 16.1. The molecule has 1 aromatic heterocycles. The highest BCUT2D eigenvalue weighted by molar-refractivity contribution is 5.92. The van der Waals surface area contributed by atoms with Crippen molar-refractivity contribution in [2.75, 3.05) is 24.5 Å². The zero-order chi connectivity index (χ0) is 16.4. The second-order valence-electron chi connectivity index (χ2n) is 5.61. The first kappa shape index (κ1) is 18.4. The van der Waals surface area contributed by atoms with Gasteiger partial charge in [0, 0.05) is 25.7 Å². The van der Waals surface area contributed by atoms with Crippen molar-refractivity contribution in [3.63, 3.8) is 0 Å². The van der Waals surface area contributed by atoms with Crippen LogP contribution in [0.4, 0.5) is 5.82 Å². The Bertz CT molecular complexity index is 456. The van der Waals surface area contributed by atoms with E-state index in [-0.39, 0.29) is 5.91 Å². The van der Waals surface area contributed by atoms with E-state index in [1.165, 1.54) is 0 Å². The molecule has 0 saturated heterocycles. The Morgan fingerprint density at radius 1 is 1.09 bits per heavy atom. The number of carbonyl (C=O) groups is 1. The smallest absolute Gasteiger partial charge is 0.270 e. The van der Waals surface area contributed by atoms with Gasteiger partial charge in [-0.15, -0.1) is 0 Å². The molecule has 5 nitrogen and oxygen atoms in total. The van der Waals surface area contributed by atoms with Crippen LogP contribution in [0.1, 0.15) is 69.2 Å². The first-order chi connectivity index (χ1) is 10.6. The standard InChI is InChI=1S/C17H30N4O/c1-5-8-9-10-18-17(22)15-13-16(20-14(4)19-15)21(11-6-2)12-7-3/h13H,5-12H2,1-4H3,(H,18,22). The molecule has 0 spiro atoms. The van der Waals surface area contributed by atoms with Gasteiger partial charge in [0.2, 0.25) is 0 Å². The Balaban J connectivity index is 2.81. The molecule has 1 rings (SSSR count). The van der Waals surface area contributed by atoms with E-state index in [1.54, 1.807) is 0 Å². The zero-order valence-electron chi connectivity index (χ0n) is 14.5. The average Bonchev–Trinajstić information content (AvgIpc) is 2.50. The van der Waals surface area contributed by atoms with Gasteiger partial charge in [0.25, 0.3) is 5.91 Å². The fourth-order valence-electron chi connectivity index (χ4n) is 2.38. The number of carbonyl (C=O) groups excluding carboxylic acids is 1. The monoisotopic (exact) mass is 306 g/mol. The van der Waals surface area contributed by atoms with Gasteiger partial charge in [-0.25, -0.2) is 9.97 Å². The number of nitrogens with zero attached hydrogens (tertiary/aromatic N) is 3. The van der Waals surface area contributed by atoms with Gasteiger partial charge >= 0.3 is 0 Å². The lowest BCUT2D eigenvalue weighted by Crippen LogP contribution is -2.29. The third-order valence-corrected chi connectivity index (χ3v) is 3.43. The lowest BCUT2D eigenvalue weighted by molar-refractivity contribution is 0.0947. The van der Waals surface area contributed by atoms with Gasteiger partial charge in [0.1, 0.15) is 17.3 Å². The second-order valence-corrected chi connectivity index (χ2v) is 5.61. The molecule has 0 aliphatic heterocycles. The van der Waals surface area contributed by atoms with E-state index >= 15 is 0 Å². The van der Waals surface area contributed by atoms with Gasteiger partial charge < -0.3 is 10.2 Å². The van der Waals surface area contributed by atoms with Gasteiger partial charge in [0.15, 0.2) is 0 Å². The van der Waals surface area contributed by atoms with E-state index in [0.717, 1.165) is 51.0 Å². The van der Waals surface area contributed by atoms with Crippen LogP contribution in [0.3, 0.4) is 0 Å². The van der Waals surface area contributed by atoms with Crippen molar-refractivity contribution in [2.45, 2.75) is 59.8 Å². The van der Waals surface area contributed by atoms with Crippen LogP contribution >= 0.6 is 0 Å². The Kier molecular flexibility index (Phi) is 8.48. The molecule has 1 aromatic rings. The van der Waals surface area contributed by atoms with Gasteiger partial charge in [0.05, 0.1) is 0 Å². The van der Waals surface area contributed by atoms with Crippen LogP contribution in [-0.4, -0.2) is 35.5 Å². The summed E-state index contributed by atoms with van der Waals surface area (Å²) in [5, 5.41) is 2.94. The van der Waals surface area contributed by atoms with Crippen molar-refractivity contribution in [3.8, 4) is 0 Å². The van der Waals surface area contributed by atoms with Gasteiger partial charge in [-0.2, -0.15) is 0 Å². The summed E-state index contributed by atoms with van der Waals surface area (Å²) in [5.74, 6) is 1.40. The number of anilines is 1. The third-order valence-electron chi connectivity index (χ3n) is 3.43. The van der Waals surface area contributed by atoms with Crippen LogP contribution in [0, 0.1) is 6.92 Å². The molecule has 1 N–H and O–H groups in total. The van der Waals surface area contributed by atoms with Crippen LogP contribution < -0.4 is 10.2 Å². The first-order valence-electron chi connectivity index (χ1n) is 8.51. The van der Waals surface area contributed by atoms with Gasteiger partial charge in [-0.3, -0.25) is 4.79 Å².